The van der Waals surface area contributed by atoms with Crippen LogP contribution in [0.4, 0.5) is 16.2 Å². The van der Waals surface area contributed by atoms with Crippen molar-refractivity contribution >= 4 is 40.8 Å². The topological polar surface area (TPSA) is 73.4 Å². The number of fused-ring (bicyclic) bond motifs is 4. The number of amides is 4. The lowest BCUT2D eigenvalue weighted by Crippen LogP contribution is -2.74. The van der Waals surface area contributed by atoms with E-state index in [1.165, 1.54) is 14.1 Å². The summed E-state index contributed by atoms with van der Waals surface area (Å²) in [7, 11) is 4.51. The second kappa shape index (κ2) is 7.66. The summed E-state index contributed by atoms with van der Waals surface area (Å²) >= 11 is 6.32. The average Bonchev–Trinajstić information content (AvgIpc) is 2.85. The summed E-state index contributed by atoms with van der Waals surface area (Å²) in [6.45, 7) is 1.67. The van der Waals surface area contributed by atoms with E-state index in [1.54, 1.807) is 13.2 Å². The van der Waals surface area contributed by atoms with Crippen molar-refractivity contribution in [3.05, 3.63) is 53.1 Å². The molecule has 0 bridgehead atoms. The molecule has 2 aromatic carbocycles. The minimum absolute atomic E-state index is 0.208. The van der Waals surface area contributed by atoms with E-state index in [1.807, 2.05) is 36.4 Å². The predicted molar refractivity (Wildman–Crippen MR) is 125 cm³/mol. The number of imide groups is 2. The number of hydrogen-bond donors (Lipinski definition) is 0. The number of rotatable bonds is 2. The van der Waals surface area contributed by atoms with Crippen LogP contribution in [0.25, 0.3) is 0 Å². The molecule has 0 radical (unpaired) electrons. The number of methoxy groups -OCH3 is 1. The molecule has 1 atom stereocenters. The number of halogens is 1. The minimum Gasteiger partial charge on any atom is -0.495 e. The predicted octanol–water partition coefficient (Wildman–Crippen LogP) is 2.64. The number of barbiturate groups is 1. The SMILES string of the molecule is COc1ccccc1N1CCN2c3cc(Cl)ccc3CC3(C(=O)N(C)C(=O)N(C)C3=O)C2C1. The number of para-hydroxylation sites is 2. The summed E-state index contributed by atoms with van der Waals surface area (Å²) in [6.07, 6.45) is 0.208. The lowest BCUT2D eigenvalue weighted by Gasteiger charge is -2.56. The van der Waals surface area contributed by atoms with Crippen LogP contribution in [0.5, 0.6) is 5.75 Å². The monoisotopic (exact) mass is 468 g/mol. The van der Waals surface area contributed by atoms with Crippen molar-refractivity contribution in [2.75, 3.05) is 50.6 Å². The van der Waals surface area contributed by atoms with Crippen molar-refractivity contribution in [2.24, 2.45) is 5.41 Å². The Hall–Kier alpha value is -3.26. The zero-order chi connectivity index (χ0) is 23.5. The summed E-state index contributed by atoms with van der Waals surface area (Å²) in [5, 5.41) is 0.598. The molecule has 1 spiro atoms. The highest BCUT2D eigenvalue weighted by atomic mass is 35.5. The number of benzene rings is 2. The number of anilines is 2. The molecule has 8 nitrogen and oxygen atoms in total. The van der Waals surface area contributed by atoms with Crippen molar-refractivity contribution in [3.8, 4) is 5.75 Å². The van der Waals surface area contributed by atoms with Crippen LogP contribution in [0, 0.1) is 5.41 Å². The van der Waals surface area contributed by atoms with E-state index in [2.05, 4.69) is 9.80 Å². The molecule has 4 amide bonds. The van der Waals surface area contributed by atoms with Crippen molar-refractivity contribution in [1.29, 1.82) is 0 Å². The van der Waals surface area contributed by atoms with E-state index in [-0.39, 0.29) is 6.42 Å². The Bertz CT molecular complexity index is 1140. The molecule has 0 aliphatic carbocycles. The van der Waals surface area contributed by atoms with Gasteiger partial charge in [0.05, 0.1) is 18.8 Å². The molecule has 3 heterocycles. The Morgan fingerprint density at radius 2 is 1.67 bits per heavy atom. The summed E-state index contributed by atoms with van der Waals surface area (Å²) in [5.74, 6) is -0.203. The minimum atomic E-state index is -1.42. The van der Waals surface area contributed by atoms with E-state index in [0.717, 1.165) is 32.5 Å². The molecule has 9 heteroatoms. The van der Waals surface area contributed by atoms with Gasteiger partial charge in [-0.15, -0.1) is 0 Å². The number of piperazine rings is 1. The van der Waals surface area contributed by atoms with Gasteiger partial charge in [0.25, 0.3) is 0 Å². The van der Waals surface area contributed by atoms with Gasteiger partial charge in [0.2, 0.25) is 11.8 Å². The number of nitrogens with zero attached hydrogens (tertiary/aromatic N) is 4. The Kier molecular flexibility index (Phi) is 5.01. The molecular weight excluding hydrogens is 444 g/mol. The van der Waals surface area contributed by atoms with Crippen LogP contribution in [0.2, 0.25) is 5.02 Å². The quantitative estimate of drug-likeness (QED) is 0.631. The van der Waals surface area contributed by atoms with E-state index < -0.39 is 29.3 Å². The molecule has 33 heavy (non-hydrogen) atoms. The Balaban J connectivity index is 1.66. The second-order valence-electron chi connectivity index (χ2n) is 8.76. The lowest BCUT2D eigenvalue weighted by atomic mass is 9.67. The molecule has 2 saturated heterocycles. The van der Waals surface area contributed by atoms with Gasteiger partial charge in [-0.05, 0) is 36.2 Å². The third kappa shape index (κ3) is 3.00. The van der Waals surface area contributed by atoms with Crippen LogP contribution in [0.3, 0.4) is 0 Å². The molecule has 0 aromatic heterocycles. The van der Waals surface area contributed by atoms with Crippen molar-refractivity contribution in [2.45, 2.75) is 12.5 Å². The Morgan fingerprint density at radius 3 is 2.36 bits per heavy atom. The van der Waals surface area contributed by atoms with Crippen LogP contribution in [-0.2, 0) is 16.0 Å². The molecule has 0 N–H and O–H groups in total. The fraction of sp³-hybridized carbons (Fsp3) is 0.375. The number of urea groups is 1. The first kappa shape index (κ1) is 21.6. The zero-order valence-corrected chi connectivity index (χ0v) is 19.5. The van der Waals surface area contributed by atoms with Crippen LogP contribution in [0.15, 0.2) is 42.5 Å². The molecule has 3 aliphatic rings. The first-order chi connectivity index (χ1) is 15.8. The highest BCUT2D eigenvalue weighted by molar-refractivity contribution is 6.31. The highest BCUT2D eigenvalue weighted by Gasteiger charge is 2.64. The number of ether oxygens (including phenoxy) is 1. The lowest BCUT2D eigenvalue weighted by molar-refractivity contribution is -0.159. The highest BCUT2D eigenvalue weighted by Crippen LogP contribution is 2.48. The third-order valence-corrected chi connectivity index (χ3v) is 7.38. The molecule has 2 fully saturated rings. The van der Waals surface area contributed by atoms with E-state index in [9.17, 15) is 14.4 Å². The van der Waals surface area contributed by atoms with Gasteiger partial charge < -0.3 is 14.5 Å². The van der Waals surface area contributed by atoms with E-state index >= 15 is 0 Å². The number of carbonyl (C=O) groups is 3. The summed E-state index contributed by atoms with van der Waals surface area (Å²) in [5.41, 5.74) is 1.29. The summed E-state index contributed by atoms with van der Waals surface area (Å²) < 4.78 is 5.57. The molecule has 1 unspecified atom stereocenters. The zero-order valence-electron chi connectivity index (χ0n) is 18.7. The van der Waals surface area contributed by atoms with Crippen LogP contribution >= 0.6 is 11.6 Å². The van der Waals surface area contributed by atoms with Crippen LogP contribution in [-0.4, -0.2) is 74.5 Å². The van der Waals surface area contributed by atoms with Crippen molar-refractivity contribution in [3.63, 3.8) is 0 Å². The maximum Gasteiger partial charge on any atom is 0.332 e. The smallest absolute Gasteiger partial charge is 0.332 e. The fourth-order valence-corrected chi connectivity index (χ4v) is 5.67. The summed E-state index contributed by atoms with van der Waals surface area (Å²) in [6, 6.07) is 12.2. The van der Waals surface area contributed by atoms with Crippen molar-refractivity contribution < 1.29 is 19.1 Å². The summed E-state index contributed by atoms with van der Waals surface area (Å²) in [4.78, 5) is 46.4. The Labute approximate surface area is 197 Å². The van der Waals surface area contributed by atoms with Gasteiger partial charge in [-0.3, -0.25) is 19.4 Å². The molecule has 2 aromatic rings. The van der Waals surface area contributed by atoms with Gasteiger partial charge >= 0.3 is 6.03 Å². The fourth-order valence-electron chi connectivity index (χ4n) is 5.50. The first-order valence-electron chi connectivity index (χ1n) is 10.8. The van der Waals surface area contributed by atoms with Gasteiger partial charge in [0, 0.05) is 44.4 Å². The largest absolute Gasteiger partial charge is 0.495 e. The van der Waals surface area contributed by atoms with Crippen molar-refractivity contribution in [1.82, 2.24) is 9.80 Å². The molecule has 3 aliphatic heterocycles. The van der Waals surface area contributed by atoms with Gasteiger partial charge in [0.15, 0.2) is 5.41 Å². The average molecular weight is 469 g/mol. The maximum atomic E-state index is 13.7. The van der Waals surface area contributed by atoms with Gasteiger partial charge in [-0.2, -0.15) is 0 Å². The molecular formula is C24H25ClN4O4. The molecule has 5 rings (SSSR count). The van der Waals surface area contributed by atoms with E-state index in [0.29, 0.717) is 24.7 Å². The van der Waals surface area contributed by atoms with Gasteiger partial charge in [0.1, 0.15) is 5.75 Å². The third-order valence-electron chi connectivity index (χ3n) is 7.15. The number of hydrogen-bond acceptors (Lipinski definition) is 6. The Morgan fingerprint density at radius 1 is 0.970 bits per heavy atom. The standard InChI is InChI=1S/C24H25ClN4O4/c1-26-21(30)24(22(31)27(2)23(26)32)13-15-8-9-16(25)12-18(15)29-11-10-28(14-20(24)29)17-6-4-5-7-19(17)33-3/h4-9,12,20H,10-11,13-14H2,1-3H3. The van der Waals surface area contributed by atoms with E-state index in [4.69, 9.17) is 16.3 Å². The van der Waals surface area contributed by atoms with Crippen LogP contribution < -0.4 is 14.5 Å². The maximum absolute atomic E-state index is 13.7. The number of carbonyl (C=O) groups excluding carboxylic acids is 3. The normalized spacial score (nSPS) is 21.9. The first-order valence-corrected chi connectivity index (χ1v) is 11.2. The second-order valence-corrected chi connectivity index (χ2v) is 9.20. The van der Waals surface area contributed by atoms with Gasteiger partial charge in [-0.25, -0.2) is 4.79 Å². The van der Waals surface area contributed by atoms with Crippen LogP contribution in [0.1, 0.15) is 5.56 Å². The molecule has 0 saturated carbocycles. The molecule has 172 valence electrons. The van der Waals surface area contributed by atoms with Gasteiger partial charge in [-0.1, -0.05) is 29.8 Å².